The number of anilines is 1. The number of fused-ring (bicyclic) bond motifs is 4. The standard InChI is InChI=1S/C25H30FN3O3/c1-28(2)22-13-17(4-6-20(22)26)18-3-5-19-21(9-12-31-23(19)14-18)27-25(30)32-24-15-29-10-7-16(24)8-11-29/h3-6,13-14,16,21,24H,7-12,15H2,1-2H3,(H,27,30)/t21?,24-/m1/s1. The first-order valence-electron chi connectivity index (χ1n) is 11.4. The third kappa shape index (κ3) is 4.13. The molecule has 0 radical (unpaired) electrons. The number of halogens is 1. The minimum absolute atomic E-state index is 0.0106. The smallest absolute Gasteiger partial charge is 0.407 e. The van der Waals surface area contributed by atoms with E-state index in [1.165, 1.54) is 6.07 Å². The van der Waals surface area contributed by atoms with Gasteiger partial charge in [0.25, 0.3) is 0 Å². The molecule has 2 aromatic rings. The number of amides is 1. The number of carbonyl (C=O) groups excluding carboxylic acids is 1. The number of alkyl carbamates (subject to hydrolysis) is 1. The van der Waals surface area contributed by atoms with Crippen LogP contribution >= 0.6 is 0 Å². The maximum absolute atomic E-state index is 14.1. The van der Waals surface area contributed by atoms with Gasteiger partial charge in [-0.1, -0.05) is 18.2 Å². The Morgan fingerprint density at radius 3 is 2.59 bits per heavy atom. The lowest BCUT2D eigenvalue weighted by atomic mass is 9.86. The average molecular weight is 440 g/mol. The van der Waals surface area contributed by atoms with Crippen molar-refractivity contribution in [2.45, 2.75) is 31.4 Å². The molecule has 4 aliphatic heterocycles. The molecule has 3 saturated heterocycles. The summed E-state index contributed by atoms with van der Waals surface area (Å²) in [5.41, 5.74) is 3.35. The Balaban J connectivity index is 1.30. The molecule has 7 heteroatoms. The summed E-state index contributed by atoms with van der Waals surface area (Å²) >= 11 is 0. The third-order valence-electron chi connectivity index (χ3n) is 6.96. The van der Waals surface area contributed by atoms with Crippen molar-refractivity contribution in [3.05, 3.63) is 47.8 Å². The van der Waals surface area contributed by atoms with E-state index in [2.05, 4.69) is 10.2 Å². The summed E-state index contributed by atoms with van der Waals surface area (Å²) < 4.78 is 25.8. The zero-order chi connectivity index (χ0) is 22.2. The molecule has 3 fully saturated rings. The fourth-order valence-corrected chi connectivity index (χ4v) is 5.11. The first-order valence-corrected chi connectivity index (χ1v) is 11.4. The summed E-state index contributed by atoms with van der Waals surface area (Å²) in [5.74, 6) is 0.981. The van der Waals surface area contributed by atoms with E-state index >= 15 is 0 Å². The maximum Gasteiger partial charge on any atom is 0.407 e. The SMILES string of the molecule is CN(C)c1cc(-c2ccc3c(c2)OCCC3NC(=O)O[C@@H]2CN3CCC2CC3)ccc1F. The fraction of sp³-hybridized carbons (Fsp3) is 0.480. The monoisotopic (exact) mass is 439 g/mol. The summed E-state index contributed by atoms with van der Waals surface area (Å²) in [6, 6.07) is 10.9. The molecule has 1 N–H and O–H groups in total. The predicted octanol–water partition coefficient (Wildman–Crippen LogP) is 4.20. The normalized spacial score (nSPS) is 26.1. The van der Waals surface area contributed by atoms with Crippen molar-refractivity contribution in [2.75, 3.05) is 45.2 Å². The predicted molar refractivity (Wildman–Crippen MR) is 122 cm³/mol. The van der Waals surface area contributed by atoms with Crippen LogP contribution in [0.15, 0.2) is 36.4 Å². The molecule has 0 aliphatic carbocycles. The summed E-state index contributed by atoms with van der Waals surface area (Å²) in [7, 11) is 3.65. The molecule has 32 heavy (non-hydrogen) atoms. The minimum Gasteiger partial charge on any atom is -0.493 e. The largest absolute Gasteiger partial charge is 0.493 e. The van der Waals surface area contributed by atoms with Crippen LogP contribution in [0.2, 0.25) is 0 Å². The number of nitrogens with one attached hydrogen (secondary N) is 1. The van der Waals surface area contributed by atoms with Crippen LogP contribution in [0, 0.1) is 11.7 Å². The van der Waals surface area contributed by atoms with Crippen molar-refractivity contribution >= 4 is 11.8 Å². The van der Waals surface area contributed by atoms with Crippen molar-refractivity contribution in [3.63, 3.8) is 0 Å². The Labute approximate surface area is 188 Å². The van der Waals surface area contributed by atoms with Crippen LogP contribution in [0.4, 0.5) is 14.9 Å². The van der Waals surface area contributed by atoms with Crippen molar-refractivity contribution < 1.29 is 18.7 Å². The molecule has 2 atom stereocenters. The van der Waals surface area contributed by atoms with E-state index in [0.717, 1.165) is 54.9 Å². The van der Waals surface area contributed by atoms with Gasteiger partial charge in [0.1, 0.15) is 17.7 Å². The van der Waals surface area contributed by atoms with E-state index in [4.69, 9.17) is 9.47 Å². The van der Waals surface area contributed by atoms with Crippen molar-refractivity contribution in [2.24, 2.45) is 5.92 Å². The molecule has 0 saturated carbocycles. The molecule has 2 bridgehead atoms. The van der Waals surface area contributed by atoms with Gasteiger partial charge in [0.05, 0.1) is 18.3 Å². The number of rotatable bonds is 4. The van der Waals surface area contributed by atoms with Gasteiger partial charge in [-0.2, -0.15) is 0 Å². The van der Waals surface area contributed by atoms with Crippen LogP contribution in [-0.2, 0) is 4.74 Å². The zero-order valence-corrected chi connectivity index (χ0v) is 18.6. The minimum atomic E-state index is -0.347. The zero-order valence-electron chi connectivity index (χ0n) is 18.6. The molecule has 6 nitrogen and oxygen atoms in total. The second-order valence-electron chi connectivity index (χ2n) is 9.23. The van der Waals surface area contributed by atoms with E-state index in [-0.39, 0.29) is 24.1 Å². The van der Waals surface area contributed by atoms with Crippen LogP contribution in [-0.4, -0.2) is 57.4 Å². The maximum atomic E-state index is 14.1. The molecule has 1 unspecified atom stereocenters. The van der Waals surface area contributed by atoms with E-state index in [1.54, 1.807) is 11.0 Å². The van der Waals surface area contributed by atoms with Crippen LogP contribution in [0.25, 0.3) is 11.1 Å². The molecule has 6 rings (SSSR count). The number of piperidine rings is 3. The Morgan fingerprint density at radius 2 is 1.88 bits per heavy atom. The van der Waals surface area contributed by atoms with Gasteiger partial charge >= 0.3 is 6.09 Å². The molecule has 4 heterocycles. The lowest BCUT2D eigenvalue weighted by Gasteiger charge is -2.44. The van der Waals surface area contributed by atoms with Gasteiger partial charge in [0, 0.05) is 32.6 Å². The first kappa shape index (κ1) is 21.1. The fourth-order valence-electron chi connectivity index (χ4n) is 5.11. The number of benzene rings is 2. The van der Waals surface area contributed by atoms with Gasteiger partial charge in [-0.3, -0.25) is 4.90 Å². The Bertz CT molecular complexity index is 1000. The highest BCUT2D eigenvalue weighted by Crippen LogP contribution is 2.37. The van der Waals surface area contributed by atoms with Crippen LogP contribution in [0.5, 0.6) is 5.75 Å². The molecule has 4 aliphatic rings. The molecular formula is C25H30FN3O3. The van der Waals surface area contributed by atoms with E-state index < -0.39 is 0 Å². The summed E-state index contributed by atoms with van der Waals surface area (Å²) in [4.78, 5) is 16.8. The number of nitrogens with zero attached hydrogens (tertiary/aromatic N) is 2. The summed E-state index contributed by atoms with van der Waals surface area (Å²) in [6.07, 6.45) is 2.56. The second kappa shape index (κ2) is 8.62. The van der Waals surface area contributed by atoms with Gasteiger partial charge < -0.3 is 19.7 Å². The summed E-state index contributed by atoms with van der Waals surface area (Å²) in [5, 5.41) is 3.06. The van der Waals surface area contributed by atoms with Gasteiger partial charge in [-0.25, -0.2) is 9.18 Å². The van der Waals surface area contributed by atoms with Crippen LogP contribution < -0.4 is 15.0 Å². The number of carbonyl (C=O) groups is 1. The van der Waals surface area contributed by atoms with Gasteiger partial charge in [-0.15, -0.1) is 0 Å². The van der Waals surface area contributed by atoms with E-state index in [9.17, 15) is 9.18 Å². The highest BCUT2D eigenvalue weighted by atomic mass is 19.1. The highest BCUT2D eigenvalue weighted by molar-refractivity contribution is 5.72. The topological polar surface area (TPSA) is 54.0 Å². The third-order valence-corrected chi connectivity index (χ3v) is 6.96. The lowest BCUT2D eigenvalue weighted by molar-refractivity contribution is -0.0342. The Hall–Kier alpha value is -2.80. The van der Waals surface area contributed by atoms with Crippen LogP contribution in [0.1, 0.15) is 30.9 Å². The van der Waals surface area contributed by atoms with Crippen molar-refractivity contribution in [1.82, 2.24) is 10.2 Å². The summed E-state index contributed by atoms with van der Waals surface area (Å²) in [6.45, 7) is 3.60. The van der Waals surface area contributed by atoms with Crippen molar-refractivity contribution in [3.8, 4) is 16.9 Å². The first-order chi connectivity index (χ1) is 15.5. The molecule has 170 valence electrons. The molecular weight excluding hydrogens is 409 g/mol. The molecule has 0 aromatic heterocycles. The van der Waals surface area contributed by atoms with Gasteiger partial charge in [0.15, 0.2) is 0 Å². The molecule has 1 amide bonds. The van der Waals surface area contributed by atoms with E-state index in [1.807, 2.05) is 38.4 Å². The van der Waals surface area contributed by atoms with Gasteiger partial charge in [0.2, 0.25) is 0 Å². The highest BCUT2D eigenvalue weighted by Gasteiger charge is 2.37. The molecule has 2 aromatic carbocycles. The quantitative estimate of drug-likeness (QED) is 0.774. The number of hydrogen-bond donors (Lipinski definition) is 1. The van der Waals surface area contributed by atoms with Crippen molar-refractivity contribution in [1.29, 1.82) is 0 Å². The number of ether oxygens (including phenoxy) is 2. The van der Waals surface area contributed by atoms with E-state index in [0.29, 0.717) is 24.6 Å². The Morgan fingerprint density at radius 1 is 1.12 bits per heavy atom. The second-order valence-corrected chi connectivity index (χ2v) is 9.23. The van der Waals surface area contributed by atoms with Gasteiger partial charge in [-0.05, 0) is 61.2 Å². The average Bonchev–Trinajstić information content (AvgIpc) is 2.80. The number of hydrogen-bond acceptors (Lipinski definition) is 5. The molecule has 0 spiro atoms. The lowest BCUT2D eigenvalue weighted by Crippen LogP contribution is -2.52. The Kier molecular flexibility index (Phi) is 5.67. The van der Waals surface area contributed by atoms with Crippen LogP contribution in [0.3, 0.4) is 0 Å².